The summed E-state index contributed by atoms with van der Waals surface area (Å²) < 4.78 is 4.51. The maximum Gasteiger partial charge on any atom is 0.237 e. The molecule has 0 saturated carbocycles. The van der Waals surface area contributed by atoms with Gasteiger partial charge in [-0.2, -0.15) is 0 Å². The van der Waals surface area contributed by atoms with E-state index in [1.807, 2.05) is 12.3 Å². The van der Waals surface area contributed by atoms with Crippen LogP contribution in [-0.4, -0.2) is 4.74 Å². The van der Waals surface area contributed by atoms with Crippen LogP contribution in [0.4, 0.5) is 5.69 Å². The van der Waals surface area contributed by atoms with Gasteiger partial charge in [0.1, 0.15) is 5.70 Å². The molecule has 0 radical (unpaired) electrons. The lowest BCUT2D eigenvalue weighted by molar-refractivity contribution is 0.0476. The summed E-state index contributed by atoms with van der Waals surface area (Å²) in [6.07, 6.45) is 2.85. The van der Waals surface area contributed by atoms with E-state index < -0.39 is 0 Å². The van der Waals surface area contributed by atoms with Crippen LogP contribution in [0.25, 0.3) is 0 Å². The van der Waals surface area contributed by atoms with Gasteiger partial charge in [0.05, 0.1) is 11.3 Å². The summed E-state index contributed by atoms with van der Waals surface area (Å²) in [4.78, 5) is 0. The fourth-order valence-corrected chi connectivity index (χ4v) is 2.34. The molecule has 2 N–H and O–H groups in total. The van der Waals surface area contributed by atoms with Gasteiger partial charge in [0, 0.05) is 6.42 Å². The van der Waals surface area contributed by atoms with Crippen LogP contribution in [0, 0.1) is 6.92 Å². The van der Waals surface area contributed by atoms with E-state index >= 15 is 0 Å². The van der Waals surface area contributed by atoms with Crippen molar-refractivity contribution in [2.75, 3.05) is 5.32 Å². The highest BCUT2D eigenvalue weighted by Gasteiger charge is 2.13. The molecule has 0 aromatic heterocycles. The van der Waals surface area contributed by atoms with Gasteiger partial charge in [-0.15, -0.1) is 0 Å². The van der Waals surface area contributed by atoms with Gasteiger partial charge in [0.15, 0.2) is 0 Å². The number of fused-ring (bicyclic) bond motifs is 1. The van der Waals surface area contributed by atoms with E-state index in [-0.39, 0.29) is 0 Å². The van der Waals surface area contributed by atoms with Crippen molar-refractivity contribution >= 4 is 5.69 Å². The Morgan fingerprint density at radius 2 is 1.95 bits per heavy atom. The van der Waals surface area contributed by atoms with Crippen molar-refractivity contribution in [1.82, 2.24) is 0 Å². The Bertz CT molecular complexity index is 602. The van der Waals surface area contributed by atoms with Crippen molar-refractivity contribution < 1.29 is 4.74 Å². The average molecular weight is 252 g/mol. The molecule has 2 heteroatoms. The zero-order valence-electron chi connectivity index (χ0n) is 11.1. The first-order chi connectivity index (χ1) is 9.31. The van der Waals surface area contributed by atoms with Crippen LogP contribution in [-0.2, 0) is 13.0 Å². The second-order valence-corrected chi connectivity index (χ2v) is 4.94. The minimum absolute atomic E-state index is 0.752. The molecule has 2 nitrogen and oxygen atoms in total. The first-order valence-corrected chi connectivity index (χ1v) is 6.57. The summed E-state index contributed by atoms with van der Waals surface area (Å²) in [5.74, 6) is 0. The molecule has 2 aromatic rings. The van der Waals surface area contributed by atoms with Gasteiger partial charge in [-0.3, -0.25) is 0 Å². The Balaban J connectivity index is 1.81. The number of rotatable bonds is 2. The van der Waals surface area contributed by atoms with E-state index in [1.165, 1.54) is 22.4 Å². The lowest BCUT2D eigenvalue weighted by atomic mass is 10.1. The molecule has 1 heterocycles. The second kappa shape index (κ2) is 5.19. The van der Waals surface area contributed by atoms with Crippen LogP contribution in [0.15, 0.2) is 60.5 Å². The van der Waals surface area contributed by atoms with Crippen molar-refractivity contribution in [1.29, 1.82) is 0 Å². The van der Waals surface area contributed by atoms with Gasteiger partial charge in [-0.05, 0) is 24.6 Å². The number of hydrogen-bond acceptors (Lipinski definition) is 1. The predicted octanol–water partition coefficient (Wildman–Crippen LogP) is 3.53. The van der Waals surface area contributed by atoms with Crippen molar-refractivity contribution in [2.45, 2.75) is 20.0 Å². The van der Waals surface area contributed by atoms with Crippen LogP contribution < -0.4 is 5.32 Å². The van der Waals surface area contributed by atoms with Crippen molar-refractivity contribution in [3.05, 3.63) is 77.2 Å². The number of benzene rings is 2. The molecule has 0 aliphatic carbocycles. The first kappa shape index (κ1) is 11.8. The SMILES string of the molecule is Cc1ccc2c(c1)C[OH+]C=C(Cc1ccccc1)N2. The Morgan fingerprint density at radius 3 is 2.79 bits per heavy atom. The minimum Gasteiger partial charge on any atom is -0.583 e. The second-order valence-electron chi connectivity index (χ2n) is 4.94. The lowest BCUT2D eigenvalue weighted by Gasteiger charge is -2.09. The highest BCUT2D eigenvalue weighted by Crippen LogP contribution is 2.23. The van der Waals surface area contributed by atoms with Gasteiger partial charge >= 0.3 is 0 Å². The third-order valence-corrected chi connectivity index (χ3v) is 3.30. The van der Waals surface area contributed by atoms with E-state index in [0.29, 0.717) is 0 Å². The molecule has 0 bridgehead atoms. The van der Waals surface area contributed by atoms with Crippen LogP contribution >= 0.6 is 0 Å². The lowest BCUT2D eigenvalue weighted by Crippen LogP contribution is -2.03. The summed E-state index contributed by atoms with van der Waals surface area (Å²) in [6, 6.07) is 16.9. The zero-order chi connectivity index (χ0) is 13.1. The van der Waals surface area contributed by atoms with Gasteiger partial charge in [-0.1, -0.05) is 42.0 Å². The molecule has 19 heavy (non-hydrogen) atoms. The Labute approximate surface area is 113 Å². The number of allylic oxidation sites excluding steroid dienone is 1. The molecular formula is C17H18NO+. The van der Waals surface area contributed by atoms with Crippen LogP contribution in [0.3, 0.4) is 0 Å². The maximum absolute atomic E-state index is 4.51. The first-order valence-electron chi connectivity index (χ1n) is 6.57. The number of hydrogen-bond donors (Lipinski definition) is 1. The quantitative estimate of drug-likeness (QED) is 0.812. The van der Waals surface area contributed by atoms with Crippen LogP contribution in [0.1, 0.15) is 16.7 Å². The Kier molecular flexibility index (Phi) is 3.23. The monoisotopic (exact) mass is 252 g/mol. The number of nitrogens with one attached hydrogen (secondary N) is 1. The smallest absolute Gasteiger partial charge is 0.237 e. The summed E-state index contributed by atoms with van der Waals surface area (Å²) in [7, 11) is 0. The van der Waals surface area contributed by atoms with E-state index in [9.17, 15) is 0 Å². The normalized spacial score (nSPS) is 13.6. The third kappa shape index (κ3) is 2.79. The molecule has 0 amide bonds. The molecule has 0 spiro atoms. The molecule has 1 aliphatic rings. The van der Waals surface area contributed by atoms with Gasteiger partial charge in [0.2, 0.25) is 12.9 Å². The fourth-order valence-electron chi connectivity index (χ4n) is 2.34. The Hall–Kier alpha value is -2.22. The molecule has 1 aliphatic heterocycles. The highest BCUT2D eigenvalue weighted by molar-refractivity contribution is 5.56. The predicted molar refractivity (Wildman–Crippen MR) is 79.0 cm³/mol. The number of anilines is 1. The van der Waals surface area contributed by atoms with E-state index in [2.05, 4.69) is 59.4 Å². The van der Waals surface area contributed by atoms with Gasteiger partial charge in [-0.25, -0.2) is 0 Å². The van der Waals surface area contributed by atoms with Gasteiger partial charge in [0.25, 0.3) is 0 Å². The van der Waals surface area contributed by atoms with E-state index in [0.717, 1.165) is 18.7 Å². The molecule has 96 valence electrons. The largest absolute Gasteiger partial charge is 0.583 e. The van der Waals surface area contributed by atoms with Crippen molar-refractivity contribution in [3.8, 4) is 0 Å². The average Bonchev–Trinajstić information content (AvgIpc) is 2.61. The molecule has 2 aromatic carbocycles. The van der Waals surface area contributed by atoms with Crippen molar-refractivity contribution in [2.24, 2.45) is 0 Å². The minimum atomic E-state index is 0.752. The summed E-state index contributed by atoms with van der Waals surface area (Å²) >= 11 is 0. The number of aryl methyl sites for hydroxylation is 1. The number of aliphatic hydroxyl groups is 2. The fraction of sp³-hybridized carbons (Fsp3) is 0.176. The molecular weight excluding hydrogens is 234 g/mol. The Morgan fingerprint density at radius 1 is 1.11 bits per heavy atom. The molecule has 0 atom stereocenters. The molecule has 0 fully saturated rings. The maximum atomic E-state index is 4.51. The third-order valence-electron chi connectivity index (χ3n) is 3.30. The number of ether oxygens (including phenoxy) is 1. The van der Waals surface area contributed by atoms with Crippen molar-refractivity contribution in [3.63, 3.8) is 0 Å². The summed E-state index contributed by atoms with van der Waals surface area (Å²) in [6.45, 7) is 2.87. The van der Waals surface area contributed by atoms with Crippen LogP contribution in [0.2, 0.25) is 0 Å². The van der Waals surface area contributed by atoms with Crippen LogP contribution in [0.5, 0.6) is 0 Å². The topological polar surface area (TPSA) is 24.8 Å². The molecule has 0 saturated heterocycles. The van der Waals surface area contributed by atoms with Gasteiger partial charge < -0.3 is 10.1 Å². The summed E-state index contributed by atoms with van der Waals surface area (Å²) in [5, 5.41) is 3.50. The van der Waals surface area contributed by atoms with E-state index in [1.54, 1.807) is 0 Å². The zero-order valence-corrected chi connectivity index (χ0v) is 11.1. The molecule has 3 rings (SSSR count). The van der Waals surface area contributed by atoms with E-state index in [4.69, 9.17) is 0 Å². The summed E-state index contributed by atoms with van der Waals surface area (Å²) in [5.41, 5.74) is 6.16. The molecule has 0 unspecified atom stereocenters. The highest BCUT2D eigenvalue weighted by atomic mass is 16.5. The standard InChI is InChI=1S/C17H17NO/c1-13-7-8-17-15(9-13)11-19-12-16(18-17)10-14-5-3-2-4-6-14/h2-9,12,18H,10-11H2,1H3/p+1.